The van der Waals surface area contributed by atoms with Crippen molar-refractivity contribution in [2.45, 2.75) is 64.2 Å². The van der Waals surface area contributed by atoms with Crippen molar-refractivity contribution < 1.29 is 27.3 Å². The summed E-state index contributed by atoms with van der Waals surface area (Å²) < 4.78 is 46.7. The molecule has 1 aliphatic heterocycles. The fourth-order valence-electron chi connectivity index (χ4n) is 3.29. The van der Waals surface area contributed by atoms with E-state index in [0.717, 1.165) is 5.46 Å². The van der Waals surface area contributed by atoms with Gasteiger partial charge in [-0.1, -0.05) is 23.7 Å². The van der Waals surface area contributed by atoms with Crippen molar-refractivity contribution in [3.63, 3.8) is 0 Å². The van der Waals surface area contributed by atoms with Gasteiger partial charge in [-0.15, -0.1) is 0 Å². The number of hydrogen-bond acceptors (Lipinski definition) is 6. The molecule has 0 spiro atoms. The van der Waals surface area contributed by atoms with E-state index >= 15 is 0 Å². The van der Waals surface area contributed by atoms with Crippen molar-refractivity contribution >= 4 is 61.8 Å². The lowest BCUT2D eigenvalue weighted by Crippen LogP contribution is -2.41. The van der Waals surface area contributed by atoms with E-state index in [2.05, 4.69) is 20.7 Å². The van der Waals surface area contributed by atoms with Crippen LogP contribution in [0.15, 0.2) is 39.7 Å². The van der Waals surface area contributed by atoms with Crippen molar-refractivity contribution in [1.82, 2.24) is 0 Å². The first-order valence-electron chi connectivity index (χ1n) is 10.2. The zero-order valence-electron chi connectivity index (χ0n) is 19.3. The highest BCUT2D eigenvalue weighted by Gasteiger charge is 2.52. The Hall–Kier alpha value is -1.59. The number of carbonyl (C=O) groups excluding carboxylic acids is 1. The van der Waals surface area contributed by atoms with Gasteiger partial charge in [0.15, 0.2) is 0 Å². The molecule has 1 heterocycles. The largest absolute Gasteiger partial charge is 0.495 e. The average Bonchev–Trinajstić information content (AvgIpc) is 2.90. The van der Waals surface area contributed by atoms with Crippen LogP contribution >= 0.6 is 27.5 Å². The molecular weight excluding hydrogens is 532 g/mol. The highest BCUT2D eigenvalue weighted by Crippen LogP contribution is 2.37. The number of halogens is 2. The molecule has 1 aliphatic rings. The Morgan fingerprint density at radius 3 is 2.36 bits per heavy atom. The third kappa shape index (κ3) is 5.40. The lowest BCUT2D eigenvalue weighted by Gasteiger charge is -2.32. The minimum atomic E-state index is -4.04. The summed E-state index contributed by atoms with van der Waals surface area (Å²) >= 11 is 9.47. The average molecular weight is 559 g/mol. The van der Waals surface area contributed by atoms with Crippen molar-refractivity contribution in [2.24, 2.45) is 0 Å². The number of anilines is 1. The summed E-state index contributed by atoms with van der Waals surface area (Å²) in [5.41, 5.74) is 1.18. The number of benzene rings is 2. The first-order chi connectivity index (χ1) is 15.1. The molecular formula is C22H26BBrClNO6S. The summed E-state index contributed by atoms with van der Waals surface area (Å²) in [6.07, 6.45) is 0. The molecule has 1 N–H and O–H groups in total. The minimum absolute atomic E-state index is 0.0717. The molecule has 11 heteroatoms. The Kier molecular flexibility index (Phi) is 7.27. The number of rotatable bonds is 6. The second kappa shape index (κ2) is 9.22. The summed E-state index contributed by atoms with van der Waals surface area (Å²) in [5, 5.41) is 0.198. The molecule has 0 atom stereocenters. The van der Waals surface area contributed by atoms with E-state index in [0.29, 0.717) is 16.8 Å². The Morgan fingerprint density at radius 2 is 1.79 bits per heavy atom. The zero-order chi connectivity index (χ0) is 24.8. The van der Waals surface area contributed by atoms with E-state index in [1.807, 2.05) is 33.8 Å². The van der Waals surface area contributed by atoms with E-state index < -0.39 is 34.3 Å². The normalized spacial score (nSPS) is 17.2. The smallest absolute Gasteiger partial charge is 0.461 e. The van der Waals surface area contributed by atoms with Crippen LogP contribution in [0.2, 0.25) is 5.02 Å². The van der Waals surface area contributed by atoms with Gasteiger partial charge in [0, 0.05) is 22.0 Å². The highest BCUT2D eigenvalue weighted by molar-refractivity contribution is 9.10. The number of carbonyl (C=O) groups is 1. The first-order valence-corrected chi connectivity index (χ1v) is 12.9. The van der Waals surface area contributed by atoms with Crippen LogP contribution in [0.25, 0.3) is 0 Å². The number of esters is 1. The van der Waals surface area contributed by atoms with Gasteiger partial charge in [0.2, 0.25) is 0 Å². The van der Waals surface area contributed by atoms with Crippen LogP contribution in [-0.4, -0.2) is 32.7 Å². The van der Waals surface area contributed by atoms with Gasteiger partial charge in [0.1, 0.15) is 11.5 Å². The Bertz CT molecular complexity index is 1190. The van der Waals surface area contributed by atoms with E-state index in [4.69, 9.17) is 25.6 Å². The summed E-state index contributed by atoms with van der Waals surface area (Å²) in [4.78, 5) is 11.1. The van der Waals surface area contributed by atoms with Crippen molar-refractivity contribution in [1.29, 1.82) is 0 Å². The number of hydrogen-bond donors (Lipinski definition) is 1. The number of ether oxygens (including phenoxy) is 1. The molecule has 178 valence electrons. The van der Waals surface area contributed by atoms with Crippen LogP contribution in [-0.2, 0) is 35.5 Å². The zero-order valence-corrected chi connectivity index (χ0v) is 22.4. The number of nitrogens with one attached hydrogen (secondary N) is 1. The number of sulfonamides is 1. The Morgan fingerprint density at radius 1 is 1.18 bits per heavy atom. The van der Waals surface area contributed by atoms with Crippen molar-refractivity contribution in [2.75, 3.05) is 4.72 Å². The molecule has 2 aromatic rings. The fourth-order valence-corrected chi connectivity index (χ4v) is 5.85. The summed E-state index contributed by atoms with van der Waals surface area (Å²) in [6.45, 7) is 10.8. The second-order valence-electron chi connectivity index (χ2n) is 8.87. The van der Waals surface area contributed by atoms with Crippen LogP contribution in [0, 0.1) is 6.92 Å². The molecule has 1 fully saturated rings. The summed E-state index contributed by atoms with van der Waals surface area (Å²) in [6, 6.07) is 8.13. The van der Waals surface area contributed by atoms with Crippen molar-refractivity contribution in [3.8, 4) is 0 Å². The maximum Gasteiger partial charge on any atom is 0.495 e. The Balaban J connectivity index is 1.95. The summed E-state index contributed by atoms with van der Waals surface area (Å²) in [7, 11) is -4.67. The van der Waals surface area contributed by atoms with Gasteiger partial charge in [-0.25, -0.2) is 8.42 Å². The SMILES string of the molecule is CC(=O)OCc1cc(Cl)cc(S(=O)(=O)Nc2cccc(B3OC(C)(C)C(C)(C)O3)c2C)c1Br. The fraction of sp³-hybridized carbons (Fsp3) is 0.409. The molecule has 0 unspecified atom stereocenters. The monoisotopic (exact) mass is 557 g/mol. The molecule has 1 saturated heterocycles. The van der Waals surface area contributed by atoms with Crippen LogP contribution < -0.4 is 10.2 Å². The van der Waals surface area contributed by atoms with Gasteiger partial charge in [0.25, 0.3) is 10.0 Å². The lowest BCUT2D eigenvalue weighted by molar-refractivity contribution is -0.142. The third-order valence-corrected chi connectivity index (χ3v) is 8.73. The van der Waals surface area contributed by atoms with Crippen LogP contribution in [0.3, 0.4) is 0 Å². The van der Waals surface area contributed by atoms with E-state index in [1.165, 1.54) is 19.1 Å². The first kappa shape index (κ1) is 26.0. The van der Waals surface area contributed by atoms with Gasteiger partial charge in [-0.05, 0) is 79.8 Å². The summed E-state index contributed by atoms with van der Waals surface area (Å²) in [5.74, 6) is -0.487. The van der Waals surface area contributed by atoms with Gasteiger partial charge in [-0.2, -0.15) is 0 Å². The van der Waals surface area contributed by atoms with Gasteiger partial charge >= 0.3 is 13.1 Å². The van der Waals surface area contributed by atoms with E-state index in [-0.39, 0.29) is 21.0 Å². The third-order valence-electron chi connectivity index (χ3n) is 5.93. The molecule has 0 aliphatic carbocycles. The molecule has 0 saturated carbocycles. The molecule has 33 heavy (non-hydrogen) atoms. The predicted molar refractivity (Wildman–Crippen MR) is 132 cm³/mol. The molecule has 0 radical (unpaired) electrons. The van der Waals surface area contributed by atoms with Crippen LogP contribution in [0.1, 0.15) is 45.7 Å². The molecule has 3 rings (SSSR count). The quantitative estimate of drug-likeness (QED) is 0.413. The van der Waals surface area contributed by atoms with E-state index in [9.17, 15) is 13.2 Å². The Labute approximate surface area is 208 Å². The lowest BCUT2D eigenvalue weighted by atomic mass is 9.76. The topological polar surface area (TPSA) is 90.9 Å². The molecule has 0 amide bonds. The van der Waals surface area contributed by atoms with Gasteiger partial charge in [-0.3, -0.25) is 9.52 Å². The van der Waals surface area contributed by atoms with Crippen LogP contribution in [0.4, 0.5) is 5.69 Å². The highest BCUT2D eigenvalue weighted by atomic mass is 79.9. The van der Waals surface area contributed by atoms with Gasteiger partial charge in [0.05, 0.1) is 16.9 Å². The van der Waals surface area contributed by atoms with E-state index in [1.54, 1.807) is 19.1 Å². The minimum Gasteiger partial charge on any atom is -0.461 e. The van der Waals surface area contributed by atoms with Crippen LogP contribution in [0.5, 0.6) is 0 Å². The maximum absolute atomic E-state index is 13.3. The molecule has 0 bridgehead atoms. The van der Waals surface area contributed by atoms with Gasteiger partial charge < -0.3 is 14.0 Å². The predicted octanol–water partition coefficient (Wildman–Crippen LogP) is 4.57. The molecule has 0 aromatic heterocycles. The maximum atomic E-state index is 13.3. The standard InChI is InChI=1S/C22H26BBrClNO6S/c1-13-17(23-31-21(3,4)22(5,6)32-23)8-7-9-18(13)26-33(28,29)19-11-16(25)10-15(20(19)24)12-30-14(2)27/h7-11,26H,12H2,1-6H3. The molecule has 2 aromatic carbocycles. The molecule has 7 nitrogen and oxygen atoms in total. The second-order valence-corrected chi connectivity index (χ2v) is 11.8. The van der Waals surface area contributed by atoms with Crippen molar-refractivity contribution in [3.05, 3.63) is 51.0 Å².